The van der Waals surface area contributed by atoms with Gasteiger partial charge in [-0.25, -0.2) is 0 Å². The molecule has 0 saturated carbocycles. The molecule has 3 nitrogen and oxygen atoms in total. The molecule has 0 atom stereocenters. The molecule has 0 aliphatic carbocycles. The molecule has 0 spiro atoms. The van der Waals surface area contributed by atoms with Gasteiger partial charge in [0.25, 0.3) is 0 Å². The molecule has 0 radical (unpaired) electrons. The molecule has 3 N–H and O–H groups in total. The number of carbonyl (C=O) groups is 1. The highest BCUT2D eigenvalue weighted by atomic mass is 32.2. The zero-order valence-corrected chi connectivity index (χ0v) is 10.6. The lowest BCUT2D eigenvalue weighted by atomic mass is 9.98. The second-order valence-corrected chi connectivity index (χ2v) is 5.65. The summed E-state index contributed by atoms with van der Waals surface area (Å²) in [6.07, 6.45) is 2.98. The van der Waals surface area contributed by atoms with Crippen molar-refractivity contribution in [3.05, 3.63) is 24.3 Å². The van der Waals surface area contributed by atoms with Gasteiger partial charge in [0.1, 0.15) is 0 Å². The Morgan fingerprint density at radius 3 is 2.59 bits per heavy atom. The highest BCUT2D eigenvalue weighted by Gasteiger charge is 2.17. The van der Waals surface area contributed by atoms with Crippen LogP contribution >= 0.6 is 11.8 Å². The van der Waals surface area contributed by atoms with Crippen molar-refractivity contribution in [2.75, 3.05) is 22.6 Å². The minimum Gasteiger partial charge on any atom is -0.399 e. The van der Waals surface area contributed by atoms with Crippen LogP contribution < -0.4 is 11.1 Å². The van der Waals surface area contributed by atoms with E-state index < -0.39 is 0 Å². The quantitative estimate of drug-likeness (QED) is 0.811. The lowest BCUT2D eigenvalue weighted by molar-refractivity contribution is -0.117. The van der Waals surface area contributed by atoms with Crippen LogP contribution in [0.1, 0.15) is 19.3 Å². The van der Waals surface area contributed by atoms with Crippen molar-refractivity contribution in [3.8, 4) is 0 Å². The first kappa shape index (κ1) is 12.3. The maximum absolute atomic E-state index is 11.8. The molecule has 0 aromatic heterocycles. The van der Waals surface area contributed by atoms with Crippen LogP contribution in [0.25, 0.3) is 0 Å². The van der Waals surface area contributed by atoms with Gasteiger partial charge in [0, 0.05) is 17.8 Å². The molecule has 1 aromatic rings. The molecule has 92 valence electrons. The Morgan fingerprint density at radius 2 is 1.94 bits per heavy atom. The minimum absolute atomic E-state index is 0.117. The molecule has 2 rings (SSSR count). The molecule has 1 heterocycles. The lowest BCUT2D eigenvalue weighted by Gasteiger charge is -2.20. The van der Waals surface area contributed by atoms with Gasteiger partial charge >= 0.3 is 0 Å². The van der Waals surface area contributed by atoms with Crippen LogP contribution in [0.15, 0.2) is 24.3 Å². The van der Waals surface area contributed by atoms with Gasteiger partial charge in [0.15, 0.2) is 0 Å². The Labute approximate surface area is 106 Å². The molecule has 0 unspecified atom stereocenters. The van der Waals surface area contributed by atoms with E-state index in [-0.39, 0.29) is 5.91 Å². The molecular weight excluding hydrogens is 232 g/mol. The number of nitrogen functional groups attached to an aromatic ring is 1. The Kier molecular flexibility index (Phi) is 4.31. The molecule has 0 bridgehead atoms. The fraction of sp³-hybridized carbons (Fsp3) is 0.462. The number of nitrogens with two attached hydrogens (primary N) is 1. The molecule has 4 heteroatoms. The number of hydrogen-bond acceptors (Lipinski definition) is 3. The first-order valence-electron chi connectivity index (χ1n) is 5.97. The Hall–Kier alpha value is -1.16. The number of carbonyl (C=O) groups excluding carboxylic acids is 1. The van der Waals surface area contributed by atoms with Gasteiger partial charge < -0.3 is 11.1 Å². The second-order valence-electron chi connectivity index (χ2n) is 4.43. The van der Waals surface area contributed by atoms with Crippen molar-refractivity contribution in [1.82, 2.24) is 0 Å². The summed E-state index contributed by atoms with van der Waals surface area (Å²) in [6.45, 7) is 0. The monoisotopic (exact) mass is 250 g/mol. The average molecular weight is 250 g/mol. The van der Waals surface area contributed by atoms with E-state index in [0.717, 1.165) is 5.69 Å². The first-order valence-corrected chi connectivity index (χ1v) is 7.12. The van der Waals surface area contributed by atoms with Crippen molar-refractivity contribution in [2.45, 2.75) is 19.3 Å². The predicted octanol–water partition coefficient (Wildman–Crippen LogP) is 2.74. The van der Waals surface area contributed by atoms with Gasteiger partial charge in [0.05, 0.1) is 0 Å². The first-order chi connectivity index (χ1) is 8.24. The van der Waals surface area contributed by atoms with Crippen LogP contribution in [-0.2, 0) is 4.79 Å². The fourth-order valence-corrected chi connectivity index (χ4v) is 3.20. The standard InChI is InChI=1S/C13H18N2OS/c14-11-1-3-12(4-2-11)15-13(16)9-10-5-7-17-8-6-10/h1-4,10H,5-9,14H2,(H,15,16). The molecule has 17 heavy (non-hydrogen) atoms. The van der Waals surface area contributed by atoms with Crippen molar-refractivity contribution in [1.29, 1.82) is 0 Å². The van der Waals surface area contributed by atoms with Crippen LogP contribution in [0.5, 0.6) is 0 Å². The Morgan fingerprint density at radius 1 is 1.29 bits per heavy atom. The third kappa shape index (κ3) is 3.97. The molecule has 1 fully saturated rings. The number of rotatable bonds is 3. The maximum Gasteiger partial charge on any atom is 0.224 e. The summed E-state index contributed by atoms with van der Waals surface area (Å²) in [5.74, 6) is 3.07. The highest BCUT2D eigenvalue weighted by molar-refractivity contribution is 7.99. The number of benzene rings is 1. The summed E-state index contributed by atoms with van der Waals surface area (Å²) in [4.78, 5) is 11.8. The van der Waals surface area contributed by atoms with E-state index in [4.69, 9.17) is 5.73 Å². The van der Waals surface area contributed by atoms with E-state index in [1.54, 1.807) is 12.1 Å². The third-order valence-electron chi connectivity index (χ3n) is 3.01. The second kappa shape index (κ2) is 5.96. The van der Waals surface area contributed by atoms with E-state index in [2.05, 4.69) is 5.32 Å². The zero-order valence-electron chi connectivity index (χ0n) is 9.82. The Balaban J connectivity index is 1.82. The largest absolute Gasteiger partial charge is 0.399 e. The highest BCUT2D eigenvalue weighted by Crippen LogP contribution is 2.25. The topological polar surface area (TPSA) is 55.1 Å². The van der Waals surface area contributed by atoms with Crippen LogP contribution in [0.4, 0.5) is 11.4 Å². The van der Waals surface area contributed by atoms with E-state index in [9.17, 15) is 4.79 Å². The summed E-state index contributed by atoms with van der Waals surface area (Å²) in [5.41, 5.74) is 7.14. The predicted molar refractivity (Wildman–Crippen MR) is 74.2 cm³/mol. The van der Waals surface area contributed by atoms with E-state index >= 15 is 0 Å². The van der Waals surface area contributed by atoms with Crippen LogP contribution in [0, 0.1) is 5.92 Å². The van der Waals surface area contributed by atoms with Crippen molar-refractivity contribution in [3.63, 3.8) is 0 Å². The number of hydrogen-bond donors (Lipinski definition) is 2. The van der Waals surface area contributed by atoms with E-state index in [1.165, 1.54) is 24.3 Å². The molecular formula is C13H18N2OS. The summed E-state index contributed by atoms with van der Waals surface area (Å²) >= 11 is 1.99. The van der Waals surface area contributed by atoms with E-state index in [1.807, 2.05) is 23.9 Å². The van der Waals surface area contributed by atoms with Crippen molar-refractivity contribution >= 4 is 29.0 Å². The minimum atomic E-state index is 0.117. The summed E-state index contributed by atoms with van der Waals surface area (Å²) < 4.78 is 0. The number of amides is 1. The van der Waals surface area contributed by atoms with Crippen molar-refractivity contribution in [2.24, 2.45) is 5.92 Å². The number of anilines is 2. The van der Waals surface area contributed by atoms with Gasteiger partial charge in [-0.1, -0.05) is 0 Å². The lowest BCUT2D eigenvalue weighted by Crippen LogP contribution is -2.19. The number of thioether (sulfide) groups is 1. The normalized spacial score (nSPS) is 16.7. The third-order valence-corrected chi connectivity index (χ3v) is 4.06. The Bertz CT molecular complexity index is 372. The summed E-state index contributed by atoms with van der Waals surface area (Å²) in [6, 6.07) is 7.27. The molecule has 1 saturated heterocycles. The summed E-state index contributed by atoms with van der Waals surface area (Å²) in [5, 5.41) is 2.92. The van der Waals surface area contributed by atoms with Gasteiger partial charge in [-0.15, -0.1) is 0 Å². The smallest absolute Gasteiger partial charge is 0.224 e. The molecule has 1 aliphatic heterocycles. The average Bonchev–Trinajstić information content (AvgIpc) is 2.33. The van der Waals surface area contributed by atoms with Crippen LogP contribution in [-0.4, -0.2) is 17.4 Å². The fourth-order valence-electron chi connectivity index (χ4n) is 1.99. The van der Waals surface area contributed by atoms with Gasteiger partial charge in [0.2, 0.25) is 5.91 Å². The van der Waals surface area contributed by atoms with Gasteiger partial charge in [-0.05, 0) is 54.5 Å². The van der Waals surface area contributed by atoms with Crippen LogP contribution in [0.2, 0.25) is 0 Å². The van der Waals surface area contributed by atoms with E-state index in [0.29, 0.717) is 18.0 Å². The van der Waals surface area contributed by atoms with Crippen LogP contribution in [0.3, 0.4) is 0 Å². The molecule has 1 aliphatic rings. The SMILES string of the molecule is Nc1ccc(NC(=O)CC2CCSCC2)cc1. The number of nitrogens with one attached hydrogen (secondary N) is 1. The van der Waals surface area contributed by atoms with Crippen molar-refractivity contribution < 1.29 is 4.79 Å². The molecule has 1 amide bonds. The van der Waals surface area contributed by atoms with Gasteiger partial charge in [-0.3, -0.25) is 4.79 Å². The summed E-state index contributed by atoms with van der Waals surface area (Å²) in [7, 11) is 0. The molecule has 1 aromatic carbocycles. The maximum atomic E-state index is 11.8. The zero-order chi connectivity index (χ0) is 12.1. The van der Waals surface area contributed by atoms with Gasteiger partial charge in [-0.2, -0.15) is 11.8 Å².